The Morgan fingerprint density at radius 1 is 1.43 bits per heavy atom. The first-order valence-electron chi connectivity index (χ1n) is 4.80. The standard InChI is InChI=1S/C8H16NO4P/c1-3-12-14(11,13-4-2)7-5-6-9-8(7)10/h7H,3-6H2,1-2H3,(H,9,10). The molecule has 0 aliphatic carbocycles. The number of amides is 1. The van der Waals surface area contributed by atoms with Crippen molar-refractivity contribution in [1.82, 2.24) is 5.32 Å². The summed E-state index contributed by atoms with van der Waals surface area (Å²) in [5.74, 6) is -0.227. The van der Waals surface area contributed by atoms with Gasteiger partial charge in [-0.15, -0.1) is 0 Å². The van der Waals surface area contributed by atoms with E-state index < -0.39 is 13.3 Å². The topological polar surface area (TPSA) is 64.6 Å². The van der Waals surface area contributed by atoms with E-state index in [0.29, 0.717) is 26.2 Å². The molecule has 0 aromatic heterocycles. The molecule has 5 nitrogen and oxygen atoms in total. The lowest BCUT2D eigenvalue weighted by atomic mass is 10.4. The van der Waals surface area contributed by atoms with Gasteiger partial charge in [0.15, 0.2) is 0 Å². The van der Waals surface area contributed by atoms with E-state index >= 15 is 0 Å². The predicted molar refractivity (Wildman–Crippen MR) is 52.3 cm³/mol. The Morgan fingerprint density at radius 3 is 2.36 bits per heavy atom. The van der Waals surface area contributed by atoms with E-state index in [0.717, 1.165) is 0 Å². The van der Waals surface area contributed by atoms with Crippen LogP contribution in [-0.2, 0) is 18.4 Å². The minimum Gasteiger partial charge on any atom is -0.355 e. The van der Waals surface area contributed by atoms with Crippen molar-refractivity contribution in [3.05, 3.63) is 0 Å². The monoisotopic (exact) mass is 221 g/mol. The van der Waals surface area contributed by atoms with Crippen molar-refractivity contribution >= 4 is 13.5 Å². The van der Waals surface area contributed by atoms with Crippen molar-refractivity contribution < 1.29 is 18.4 Å². The van der Waals surface area contributed by atoms with Gasteiger partial charge in [0, 0.05) is 6.54 Å². The molecule has 1 saturated heterocycles. The van der Waals surface area contributed by atoms with Crippen molar-refractivity contribution in [3.63, 3.8) is 0 Å². The number of nitrogens with one attached hydrogen (secondary N) is 1. The average Bonchev–Trinajstić information content (AvgIpc) is 2.52. The quantitative estimate of drug-likeness (QED) is 0.707. The molecular formula is C8H16NO4P. The van der Waals surface area contributed by atoms with Crippen molar-refractivity contribution in [3.8, 4) is 0 Å². The minimum absolute atomic E-state index is 0.227. The molecule has 1 aliphatic heterocycles. The number of hydrogen-bond donors (Lipinski definition) is 1. The van der Waals surface area contributed by atoms with Crippen LogP contribution < -0.4 is 5.32 Å². The molecule has 0 saturated carbocycles. The first kappa shape index (κ1) is 11.7. The van der Waals surface area contributed by atoms with Crippen LogP contribution in [0.5, 0.6) is 0 Å². The Hall–Kier alpha value is -0.380. The summed E-state index contributed by atoms with van der Waals surface area (Å²) in [7, 11) is -3.24. The minimum atomic E-state index is -3.24. The van der Waals surface area contributed by atoms with Gasteiger partial charge in [0.2, 0.25) is 5.91 Å². The molecule has 0 aromatic rings. The third kappa shape index (κ3) is 2.35. The molecule has 0 spiro atoms. The van der Waals surface area contributed by atoms with Crippen LogP contribution in [0, 0.1) is 0 Å². The maximum absolute atomic E-state index is 12.1. The highest BCUT2D eigenvalue weighted by molar-refractivity contribution is 7.55. The summed E-state index contributed by atoms with van der Waals surface area (Å²) in [4.78, 5) is 11.3. The summed E-state index contributed by atoms with van der Waals surface area (Å²) in [6.45, 7) is 4.60. The van der Waals surface area contributed by atoms with Crippen LogP contribution in [0.15, 0.2) is 0 Å². The fourth-order valence-corrected chi connectivity index (χ4v) is 3.44. The summed E-state index contributed by atoms with van der Waals surface area (Å²) >= 11 is 0. The van der Waals surface area contributed by atoms with Crippen LogP contribution in [0.3, 0.4) is 0 Å². The molecule has 1 N–H and O–H groups in total. The maximum atomic E-state index is 12.1. The van der Waals surface area contributed by atoms with E-state index in [2.05, 4.69) is 5.32 Å². The van der Waals surface area contributed by atoms with E-state index in [1.165, 1.54) is 0 Å². The van der Waals surface area contributed by atoms with E-state index in [4.69, 9.17) is 9.05 Å². The summed E-state index contributed by atoms with van der Waals surface area (Å²) in [5.41, 5.74) is -0.623. The summed E-state index contributed by atoms with van der Waals surface area (Å²) in [6, 6.07) is 0. The van der Waals surface area contributed by atoms with Gasteiger partial charge in [0.1, 0.15) is 5.66 Å². The summed E-state index contributed by atoms with van der Waals surface area (Å²) in [5, 5.41) is 2.62. The zero-order chi connectivity index (χ0) is 10.6. The van der Waals surface area contributed by atoms with Crippen LogP contribution in [0.2, 0.25) is 0 Å². The average molecular weight is 221 g/mol. The second-order valence-electron chi connectivity index (χ2n) is 2.97. The Kier molecular flexibility index (Phi) is 4.11. The SMILES string of the molecule is CCOP(=O)(OCC)C1CCNC1=O. The van der Waals surface area contributed by atoms with Crippen LogP contribution in [-0.4, -0.2) is 31.3 Å². The molecule has 1 unspecified atom stereocenters. The van der Waals surface area contributed by atoms with E-state index in [1.54, 1.807) is 13.8 Å². The molecule has 14 heavy (non-hydrogen) atoms. The molecule has 1 atom stereocenters. The van der Waals surface area contributed by atoms with Crippen molar-refractivity contribution in [2.75, 3.05) is 19.8 Å². The van der Waals surface area contributed by atoms with Gasteiger partial charge < -0.3 is 14.4 Å². The zero-order valence-electron chi connectivity index (χ0n) is 8.49. The van der Waals surface area contributed by atoms with Crippen molar-refractivity contribution in [1.29, 1.82) is 0 Å². The first-order chi connectivity index (χ1) is 6.64. The molecule has 0 aromatic carbocycles. The lowest BCUT2D eigenvalue weighted by Crippen LogP contribution is -2.24. The predicted octanol–water partition coefficient (Wildman–Crippen LogP) is 1.14. The Morgan fingerprint density at radius 2 is 2.00 bits per heavy atom. The number of carbonyl (C=O) groups is 1. The highest BCUT2D eigenvalue weighted by Gasteiger charge is 2.43. The fraction of sp³-hybridized carbons (Fsp3) is 0.875. The molecule has 1 fully saturated rings. The molecule has 6 heteroatoms. The van der Waals surface area contributed by atoms with Crippen LogP contribution in [0.1, 0.15) is 20.3 Å². The van der Waals surface area contributed by atoms with E-state index in [9.17, 15) is 9.36 Å². The highest BCUT2D eigenvalue weighted by Crippen LogP contribution is 2.55. The molecule has 0 bridgehead atoms. The Bertz CT molecular complexity index is 246. The lowest BCUT2D eigenvalue weighted by molar-refractivity contribution is -0.119. The van der Waals surface area contributed by atoms with Gasteiger partial charge in [-0.1, -0.05) is 0 Å². The summed E-state index contributed by atoms with van der Waals surface area (Å²) in [6.07, 6.45) is 0.524. The van der Waals surface area contributed by atoms with Gasteiger partial charge in [-0.2, -0.15) is 0 Å². The van der Waals surface area contributed by atoms with Crippen LogP contribution in [0.4, 0.5) is 0 Å². The molecule has 1 aliphatic rings. The van der Waals surface area contributed by atoms with Gasteiger partial charge in [-0.05, 0) is 20.3 Å². The van der Waals surface area contributed by atoms with Crippen molar-refractivity contribution in [2.45, 2.75) is 25.9 Å². The Balaban J connectivity index is 2.75. The number of hydrogen-bond acceptors (Lipinski definition) is 4. The van der Waals surface area contributed by atoms with Gasteiger partial charge in [0.05, 0.1) is 13.2 Å². The normalized spacial score (nSPS) is 22.4. The zero-order valence-corrected chi connectivity index (χ0v) is 9.38. The lowest BCUT2D eigenvalue weighted by Gasteiger charge is -2.20. The smallest absolute Gasteiger partial charge is 0.343 e. The fourth-order valence-electron chi connectivity index (χ4n) is 1.46. The molecule has 1 heterocycles. The molecule has 1 amide bonds. The van der Waals surface area contributed by atoms with E-state index in [1.807, 2.05) is 0 Å². The van der Waals surface area contributed by atoms with Gasteiger partial charge in [0.25, 0.3) is 0 Å². The van der Waals surface area contributed by atoms with Gasteiger partial charge in [-0.3, -0.25) is 9.36 Å². The van der Waals surface area contributed by atoms with E-state index in [-0.39, 0.29) is 5.91 Å². The highest BCUT2D eigenvalue weighted by atomic mass is 31.2. The number of carbonyl (C=O) groups excluding carboxylic acids is 1. The van der Waals surface area contributed by atoms with Crippen LogP contribution >= 0.6 is 7.60 Å². The maximum Gasteiger partial charge on any atom is 0.343 e. The molecular weight excluding hydrogens is 205 g/mol. The van der Waals surface area contributed by atoms with Gasteiger partial charge in [-0.25, -0.2) is 0 Å². The molecule has 82 valence electrons. The largest absolute Gasteiger partial charge is 0.355 e. The number of rotatable bonds is 5. The third-order valence-electron chi connectivity index (χ3n) is 2.02. The van der Waals surface area contributed by atoms with Gasteiger partial charge >= 0.3 is 7.60 Å². The molecule has 0 radical (unpaired) electrons. The summed E-state index contributed by atoms with van der Waals surface area (Å²) < 4.78 is 22.3. The second-order valence-corrected chi connectivity index (χ2v) is 5.19. The molecule has 1 rings (SSSR count). The Labute approximate surface area is 83.7 Å². The third-order valence-corrected chi connectivity index (χ3v) is 4.51. The van der Waals surface area contributed by atoms with Crippen LogP contribution in [0.25, 0.3) is 0 Å². The van der Waals surface area contributed by atoms with Crippen molar-refractivity contribution in [2.24, 2.45) is 0 Å². The second kappa shape index (κ2) is 4.91. The first-order valence-corrected chi connectivity index (χ1v) is 6.41.